The fourth-order valence-corrected chi connectivity index (χ4v) is 1.09. The number of unbranched alkanes of at least 4 members (excludes halogenated alkanes) is 1. The van der Waals surface area contributed by atoms with Gasteiger partial charge in [0, 0.05) is 12.1 Å². The highest BCUT2D eigenvalue weighted by molar-refractivity contribution is 5.31. The van der Waals surface area contributed by atoms with E-state index in [-0.39, 0.29) is 0 Å². The quantitative estimate of drug-likeness (QED) is 0.646. The van der Waals surface area contributed by atoms with Gasteiger partial charge in [-0.15, -0.1) is 0 Å². The van der Waals surface area contributed by atoms with Crippen molar-refractivity contribution < 1.29 is 9.47 Å². The van der Waals surface area contributed by atoms with Gasteiger partial charge in [-0.3, -0.25) is 0 Å². The SMILES string of the molecule is CCCCOc1[c]ccc(OCC)c1. The molecule has 14 heavy (non-hydrogen) atoms. The van der Waals surface area contributed by atoms with E-state index in [4.69, 9.17) is 9.47 Å². The van der Waals surface area contributed by atoms with Crippen LogP contribution in [0.15, 0.2) is 18.2 Å². The first-order valence-corrected chi connectivity index (χ1v) is 5.14. The molecule has 77 valence electrons. The minimum Gasteiger partial charge on any atom is -0.494 e. The van der Waals surface area contributed by atoms with Crippen LogP contribution in [0.5, 0.6) is 11.5 Å². The third-order valence-electron chi connectivity index (χ3n) is 1.81. The highest BCUT2D eigenvalue weighted by Crippen LogP contribution is 2.18. The van der Waals surface area contributed by atoms with Gasteiger partial charge in [0.15, 0.2) is 0 Å². The molecular formula is C12H17O2. The molecule has 0 saturated carbocycles. The lowest BCUT2D eigenvalue weighted by Gasteiger charge is -2.07. The fraction of sp³-hybridized carbons (Fsp3) is 0.500. The Morgan fingerprint density at radius 1 is 1.29 bits per heavy atom. The maximum absolute atomic E-state index is 5.50. The van der Waals surface area contributed by atoms with Gasteiger partial charge < -0.3 is 9.47 Å². The van der Waals surface area contributed by atoms with Gasteiger partial charge in [0.1, 0.15) is 11.5 Å². The van der Waals surface area contributed by atoms with Gasteiger partial charge >= 0.3 is 0 Å². The van der Waals surface area contributed by atoms with Crippen LogP contribution in [0.25, 0.3) is 0 Å². The summed E-state index contributed by atoms with van der Waals surface area (Å²) in [5.74, 6) is 1.61. The van der Waals surface area contributed by atoms with Gasteiger partial charge in [0.2, 0.25) is 0 Å². The van der Waals surface area contributed by atoms with Crippen molar-refractivity contribution in [2.45, 2.75) is 26.7 Å². The van der Waals surface area contributed by atoms with Crippen LogP contribution in [0.3, 0.4) is 0 Å². The molecule has 0 aromatic heterocycles. The number of hydrogen-bond donors (Lipinski definition) is 0. The van der Waals surface area contributed by atoms with E-state index in [1.807, 2.05) is 25.1 Å². The van der Waals surface area contributed by atoms with Crippen molar-refractivity contribution in [3.05, 3.63) is 24.3 Å². The molecule has 0 aliphatic carbocycles. The summed E-state index contributed by atoms with van der Waals surface area (Å²) in [5.41, 5.74) is 0. The first kappa shape index (κ1) is 10.9. The molecule has 1 aromatic rings. The van der Waals surface area contributed by atoms with Crippen LogP contribution < -0.4 is 9.47 Å². The molecule has 1 radical (unpaired) electrons. The smallest absolute Gasteiger partial charge is 0.130 e. The monoisotopic (exact) mass is 193 g/mol. The second-order valence-electron chi connectivity index (χ2n) is 3.02. The van der Waals surface area contributed by atoms with Crippen LogP contribution in [-0.2, 0) is 0 Å². The predicted molar refractivity (Wildman–Crippen MR) is 56.9 cm³/mol. The zero-order valence-electron chi connectivity index (χ0n) is 8.88. The summed E-state index contributed by atoms with van der Waals surface area (Å²) in [6, 6.07) is 8.61. The highest BCUT2D eigenvalue weighted by Gasteiger charge is 1.96. The molecule has 0 bridgehead atoms. The van der Waals surface area contributed by atoms with Gasteiger partial charge in [-0.2, -0.15) is 0 Å². The van der Waals surface area contributed by atoms with Crippen LogP contribution in [0, 0.1) is 6.07 Å². The zero-order chi connectivity index (χ0) is 10.2. The predicted octanol–water partition coefficient (Wildman–Crippen LogP) is 3.06. The van der Waals surface area contributed by atoms with E-state index < -0.39 is 0 Å². The van der Waals surface area contributed by atoms with Crippen molar-refractivity contribution in [2.75, 3.05) is 13.2 Å². The molecule has 0 aliphatic heterocycles. The molecule has 0 atom stereocenters. The van der Waals surface area contributed by atoms with Gasteiger partial charge in [0.25, 0.3) is 0 Å². The standard InChI is InChI=1S/C12H17O2/c1-3-5-9-14-12-8-6-7-11(10-12)13-4-2/h6-7,10H,3-5,9H2,1-2H3. The second-order valence-corrected chi connectivity index (χ2v) is 3.02. The molecule has 0 N–H and O–H groups in total. The lowest BCUT2D eigenvalue weighted by atomic mass is 10.3. The van der Waals surface area contributed by atoms with Crippen LogP contribution >= 0.6 is 0 Å². The van der Waals surface area contributed by atoms with Gasteiger partial charge in [-0.05, 0) is 25.5 Å². The van der Waals surface area contributed by atoms with E-state index in [1.165, 1.54) is 0 Å². The van der Waals surface area contributed by atoms with Crippen LogP contribution in [-0.4, -0.2) is 13.2 Å². The summed E-state index contributed by atoms with van der Waals surface area (Å²) in [5, 5.41) is 0. The number of rotatable bonds is 6. The van der Waals surface area contributed by atoms with Crippen molar-refractivity contribution in [1.82, 2.24) is 0 Å². The molecule has 0 saturated heterocycles. The van der Waals surface area contributed by atoms with Crippen molar-refractivity contribution in [1.29, 1.82) is 0 Å². The molecule has 0 heterocycles. The number of ether oxygens (including phenoxy) is 2. The number of benzene rings is 1. The molecule has 0 amide bonds. The molecule has 1 rings (SSSR count). The Kier molecular flexibility index (Phi) is 4.90. The molecule has 2 heteroatoms. The summed E-state index contributed by atoms with van der Waals surface area (Å²) in [6.07, 6.45) is 2.22. The average molecular weight is 193 g/mol. The molecule has 0 fully saturated rings. The third-order valence-corrected chi connectivity index (χ3v) is 1.81. The van der Waals surface area contributed by atoms with E-state index in [2.05, 4.69) is 13.0 Å². The first-order valence-electron chi connectivity index (χ1n) is 5.14. The minimum absolute atomic E-state index is 0.679. The molecule has 0 spiro atoms. The van der Waals surface area contributed by atoms with E-state index >= 15 is 0 Å². The lowest BCUT2D eigenvalue weighted by molar-refractivity contribution is 0.302. The molecular weight excluding hydrogens is 176 g/mol. The summed E-state index contributed by atoms with van der Waals surface area (Å²) >= 11 is 0. The zero-order valence-corrected chi connectivity index (χ0v) is 8.88. The summed E-state index contributed by atoms with van der Waals surface area (Å²) in [6.45, 7) is 5.54. The molecule has 2 nitrogen and oxygen atoms in total. The van der Waals surface area contributed by atoms with Gasteiger partial charge in [-0.25, -0.2) is 0 Å². The normalized spacial score (nSPS) is 9.86. The maximum atomic E-state index is 5.50. The Morgan fingerprint density at radius 2 is 2.14 bits per heavy atom. The van der Waals surface area contributed by atoms with E-state index in [1.54, 1.807) is 0 Å². The van der Waals surface area contributed by atoms with Crippen molar-refractivity contribution in [3.8, 4) is 11.5 Å². The largest absolute Gasteiger partial charge is 0.494 e. The van der Waals surface area contributed by atoms with Crippen LogP contribution in [0.1, 0.15) is 26.7 Å². The fourth-order valence-electron chi connectivity index (χ4n) is 1.09. The molecule has 0 aliphatic rings. The first-order chi connectivity index (χ1) is 6.86. The van der Waals surface area contributed by atoms with E-state index in [0.717, 1.165) is 30.9 Å². The Hall–Kier alpha value is -1.18. The minimum atomic E-state index is 0.679. The van der Waals surface area contributed by atoms with Crippen molar-refractivity contribution in [2.24, 2.45) is 0 Å². The van der Waals surface area contributed by atoms with Crippen LogP contribution in [0.2, 0.25) is 0 Å². The Labute approximate surface area is 85.8 Å². The Morgan fingerprint density at radius 3 is 2.86 bits per heavy atom. The Balaban J connectivity index is 2.46. The van der Waals surface area contributed by atoms with Crippen LogP contribution in [0.4, 0.5) is 0 Å². The highest BCUT2D eigenvalue weighted by atomic mass is 16.5. The number of hydrogen-bond acceptors (Lipinski definition) is 2. The summed E-state index contributed by atoms with van der Waals surface area (Å²) < 4.78 is 10.9. The average Bonchev–Trinajstić information content (AvgIpc) is 2.19. The third kappa shape index (κ3) is 3.69. The molecule has 0 unspecified atom stereocenters. The molecule has 1 aromatic carbocycles. The van der Waals surface area contributed by atoms with Crippen molar-refractivity contribution >= 4 is 0 Å². The van der Waals surface area contributed by atoms with Crippen molar-refractivity contribution in [3.63, 3.8) is 0 Å². The lowest BCUT2D eigenvalue weighted by Crippen LogP contribution is -1.97. The van der Waals surface area contributed by atoms with Gasteiger partial charge in [-0.1, -0.05) is 13.3 Å². The maximum Gasteiger partial charge on any atom is 0.130 e. The summed E-state index contributed by atoms with van der Waals surface area (Å²) in [7, 11) is 0. The van der Waals surface area contributed by atoms with E-state index in [9.17, 15) is 0 Å². The Bertz CT molecular complexity index is 258. The van der Waals surface area contributed by atoms with Gasteiger partial charge in [0.05, 0.1) is 13.2 Å². The van der Waals surface area contributed by atoms with E-state index in [0.29, 0.717) is 6.61 Å². The topological polar surface area (TPSA) is 18.5 Å². The summed E-state index contributed by atoms with van der Waals surface area (Å²) in [4.78, 5) is 0. The second kappa shape index (κ2) is 6.30.